The second kappa shape index (κ2) is 11.8. The van der Waals surface area contributed by atoms with Gasteiger partial charge < -0.3 is 10.4 Å². The highest BCUT2D eigenvalue weighted by atomic mass is 32.2. The minimum atomic E-state index is -1.01. The molecule has 0 radical (unpaired) electrons. The van der Waals surface area contributed by atoms with Gasteiger partial charge in [0.15, 0.2) is 0 Å². The highest BCUT2D eigenvalue weighted by Gasteiger charge is 2.31. The number of thioether (sulfide) groups is 1. The first-order valence-corrected chi connectivity index (χ1v) is 12.9. The molecule has 6 nitrogen and oxygen atoms in total. The monoisotopic (exact) mass is 487 g/mol. The van der Waals surface area contributed by atoms with Crippen LogP contribution in [0, 0.1) is 0 Å². The highest BCUT2D eigenvalue weighted by molar-refractivity contribution is 7.98. The van der Waals surface area contributed by atoms with Crippen molar-refractivity contribution >= 4 is 35.0 Å². The van der Waals surface area contributed by atoms with Gasteiger partial charge in [-0.25, -0.2) is 0 Å². The second-order valence-electron chi connectivity index (χ2n) is 8.40. The van der Waals surface area contributed by atoms with E-state index in [1.54, 1.807) is 11.8 Å². The van der Waals surface area contributed by atoms with Crippen molar-refractivity contribution in [2.75, 3.05) is 24.7 Å². The molecule has 0 aliphatic carbocycles. The molecule has 35 heavy (non-hydrogen) atoms. The van der Waals surface area contributed by atoms with E-state index >= 15 is 0 Å². The topological polar surface area (TPSA) is 82.0 Å². The van der Waals surface area contributed by atoms with Crippen LogP contribution in [0.3, 0.4) is 0 Å². The van der Waals surface area contributed by atoms with E-state index in [1.807, 2.05) is 66.7 Å². The molecular formula is C28H29N3O3S. The maximum absolute atomic E-state index is 13.5. The molecule has 3 aromatic carbocycles. The Balaban J connectivity index is 1.58. The predicted octanol–water partition coefficient (Wildman–Crippen LogP) is 4.93. The van der Waals surface area contributed by atoms with Crippen LogP contribution in [0.2, 0.25) is 0 Å². The molecule has 0 bridgehead atoms. The number of nitrogens with one attached hydrogen (secondary N) is 1. The lowest BCUT2D eigenvalue weighted by atomic mass is 10.00. The van der Waals surface area contributed by atoms with Crippen LogP contribution in [0.15, 0.2) is 88.8 Å². The van der Waals surface area contributed by atoms with Gasteiger partial charge in [-0.15, -0.1) is 11.8 Å². The number of nitrogens with zero attached hydrogens (tertiary/aromatic N) is 2. The van der Waals surface area contributed by atoms with Gasteiger partial charge in [0, 0.05) is 22.6 Å². The molecule has 1 saturated heterocycles. The number of para-hydroxylation sites is 1. The van der Waals surface area contributed by atoms with Gasteiger partial charge in [0.05, 0.1) is 17.4 Å². The summed E-state index contributed by atoms with van der Waals surface area (Å²) >= 11 is 1.72. The third-order valence-corrected chi connectivity index (χ3v) is 6.93. The SMILES string of the molecule is CSc1ccccc1CN1CCC[C@H]1C(=O)Nc1ccccc1C(=NCC(=O)O)c1ccccc1. The van der Waals surface area contributed by atoms with Gasteiger partial charge in [-0.05, 0) is 43.3 Å². The number of carbonyl (C=O) groups excluding carboxylic acids is 1. The van der Waals surface area contributed by atoms with E-state index in [4.69, 9.17) is 0 Å². The van der Waals surface area contributed by atoms with E-state index in [1.165, 1.54) is 10.5 Å². The Hall–Kier alpha value is -3.42. The molecule has 180 valence electrons. The maximum Gasteiger partial charge on any atom is 0.325 e. The molecule has 1 atom stereocenters. The quantitative estimate of drug-likeness (QED) is 0.330. The van der Waals surface area contributed by atoms with E-state index in [0.29, 0.717) is 17.0 Å². The average Bonchev–Trinajstić information content (AvgIpc) is 3.34. The van der Waals surface area contributed by atoms with Crippen LogP contribution in [0.1, 0.15) is 29.5 Å². The van der Waals surface area contributed by atoms with Crippen molar-refractivity contribution in [3.8, 4) is 0 Å². The Kier molecular flexibility index (Phi) is 8.34. The summed E-state index contributed by atoms with van der Waals surface area (Å²) in [5.74, 6) is -1.06. The number of hydrogen-bond donors (Lipinski definition) is 2. The van der Waals surface area contributed by atoms with Crippen LogP contribution in [-0.2, 0) is 16.1 Å². The third-order valence-electron chi connectivity index (χ3n) is 6.09. The zero-order chi connectivity index (χ0) is 24.6. The molecule has 7 heteroatoms. The number of aliphatic carboxylic acids is 1. The summed E-state index contributed by atoms with van der Waals surface area (Å²) in [6, 6.07) is 25.0. The smallest absolute Gasteiger partial charge is 0.325 e. The molecule has 1 amide bonds. The van der Waals surface area contributed by atoms with Crippen molar-refractivity contribution < 1.29 is 14.7 Å². The van der Waals surface area contributed by atoms with Gasteiger partial charge in [-0.2, -0.15) is 0 Å². The van der Waals surface area contributed by atoms with Gasteiger partial charge in [0.2, 0.25) is 5.91 Å². The molecule has 1 aliphatic rings. The molecule has 4 rings (SSSR count). The lowest BCUT2D eigenvalue weighted by Crippen LogP contribution is -2.39. The Morgan fingerprint density at radius 3 is 2.51 bits per heavy atom. The molecule has 0 spiro atoms. The average molecular weight is 488 g/mol. The lowest BCUT2D eigenvalue weighted by molar-refractivity contribution is -0.135. The number of likely N-dealkylation sites (tertiary alicyclic amines) is 1. The molecular weight excluding hydrogens is 458 g/mol. The largest absolute Gasteiger partial charge is 0.480 e. The molecule has 1 fully saturated rings. The minimum Gasteiger partial charge on any atom is -0.480 e. The first-order valence-electron chi connectivity index (χ1n) is 11.6. The van der Waals surface area contributed by atoms with Gasteiger partial charge in [0.1, 0.15) is 6.54 Å². The van der Waals surface area contributed by atoms with Crippen molar-refractivity contribution in [3.05, 3.63) is 95.6 Å². The second-order valence-corrected chi connectivity index (χ2v) is 9.25. The zero-order valence-corrected chi connectivity index (χ0v) is 20.5. The molecule has 1 aliphatic heterocycles. The highest BCUT2D eigenvalue weighted by Crippen LogP contribution is 2.27. The van der Waals surface area contributed by atoms with Crippen LogP contribution in [0.5, 0.6) is 0 Å². The van der Waals surface area contributed by atoms with Gasteiger partial charge in [-0.1, -0.05) is 66.7 Å². The van der Waals surface area contributed by atoms with Crippen LogP contribution in [0.25, 0.3) is 0 Å². The van der Waals surface area contributed by atoms with Crippen molar-refractivity contribution in [1.29, 1.82) is 0 Å². The number of anilines is 1. The Morgan fingerprint density at radius 1 is 1.03 bits per heavy atom. The fraction of sp³-hybridized carbons (Fsp3) is 0.250. The van der Waals surface area contributed by atoms with E-state index in [9.17, 15) is 14.7 Å². The summed E-state index contributed by atoms with van der Waals surface area (Å²) in [5.41, 5.74) is 3.90. The summed E-state index contributed by atoms with van der Waals surface area (Å²) < 4.78 is 0. The van der Waals surface area contributed by atoms with Crippen molar-refractivity contribution in [1.82, 2.24) is 4.90 Å². The summed E-state index contributed by atoms with van der Waals surface area (Å²) in [5, 5.41) is 12.3. The first-order chi connectivity index (χ1) is 17.1. The molecule has 1 heterocycles. The lowest BCUT2D eigenvalue weighted by Gasteiger charge is -2.25. The van der Waals surface area contributed by atoms with E-state index < -0.39 is 5.97 Å². The van der Waals surface area contributed by atoms with Crippen LogP contribution in [0.4, 0.5) is 5.69 Å². The zero-order valence-electron chi connectivity index (χ0n) is 19.7. The number of benzene rings is 3. The van der Waals surface area contributed by atoms with Gasteiger partial charge in [-0.3, -0.25) is 19.5 Å². The Bertz CT molecular complexity index is 1210. The molecule has 0 aromatic heterocycles. The molecule has 3 aromatic rings. The molecule has 0 saturated carbocycles. The van der Waals surface area contributed by atoms with Crippen LogP contribution < -0.4 is 5.32 Å². The van der Waals surface area contributed by atoms with Gasteiger partial charge in [0.25, 0.3) is 0 Å². The van der Waals surface area contributed by atoms with Crippen LogP contribution in [-0.4, -0.2) is 53.0 Å². The van der Waals surface area contributed by atoms with Crippen molar-refractivity contribution in [2.45, 2.75) is 30.3 Å². The number of rotatable bonds is 9. The standard InChI is InChI=1S/C28H29N3O3S/c1-35-25-16-8-5-12-21(25)19-31-17-9-15-24(31)28(34)30-23-14-7-6-13-22(23)27(29-18-26(32)33)20-10-3-2-4-11-20/h2-8,10-14,16,24H,9,15,17-19H2,1H3,(H,30,34)(H,32,33)/t24-/m0/s1. The molecule has 2 N–H and O–H groups in total. The Morgan fingerprint density at radius 2 is 1.74 bits per heavy atom. The van der Waals surface area contributed by atoms with Crippen molar-refractivity contribution in [2.24, 2.45) is 4.99 Å². The van der Waals surface area contributed by atoms with E-state index in [2.05, 4.69) is 33.6 Å². The number of aliphatic imine (C=N–C) groups is 1. The van der Waals surface area contributed by atoms with E-state index in [-0.39, 0.29) is 18.5 Å². The number of carboxylic acids is 1. The number of amides is 1. The predicted molar refractivity (Wildman–Crippen MR) is 141 cm³/mol. The summed E-state index contributed by atoms with van der Waals surface area (Å²) in [7, 11) is 0. The minimum absolute atomic E-state index is 0.0535. The van der Waals surface area contributed by atoms with E-state index in [0.717, 1.165) is 31.5 Å². The first kappa shape index (κ1) is 24.7. The normalized spacial score (nSPS) is 16.3. The fourth-order valence-corrected chi connectivity index (χ4v) is 5.06. The van der Waals surface area contributed by atoms with Gasteiger partial charge >= 0.3 is 5.97 Å². The number of hydrogen-bond acceptors (Lipinski definition) is 5. The fourth-order valence-electron chi connectivity index (χ4n) is 4.45. The molecule has 0 unspecified atom stereocenters. The number of carboxylic acid groups (broad SMARTS) is 1. The number of carbonyl (C=O) groups is 2. The Labute approximate surface area is 210 Å². The summed E-state index contributed by atoms with van der Waals surface area (Å²) in [4.78, 5) is 32.5. The third kappa shape index (κ3) is 6.18. The summed E-state index contributed by atoms with van der Waals surface area (Å²) in [6.07, 6.45) is 3.84. The summed E-state index contributed by atoms with van der Waals surface area (Å²) in [6.45, 7) is 1.25. The van der Waals surface area contributed by atoms with Crippen LogP contribution >= 0.6 is 11.8 Å². The van der Waals surface area contributed by atoms with Crippen molar-refractivity contribution in [3.63, 3.8) is 0 Å². The maximum atomic E-state index is 13.5.